The highest BCUT2D eigenvalue weighted by atomic mass is 35.5. The van der Waals surface area contributed by atoms with Crippen LogP contribution in [0, 0.1) is 17.8 Å². The van der Waals surface area contributed by atoms with Crippen LogP contribution in [0.3, 0.4) is 0 Å². The molecule has 0 radical (unpaired) electrons. The number of benzene rings is 1. The zero-order valence-electron chi connectivity index (χ0n) is 12.5. The van der Waals surface area contributed by atoms with Crippen LogP contribution in [-0.2, 0) is 6.42 Å². The van der Waals surface area contributed by atoms with Crippen molar-refractivity contribution >= 4 is 23.2 Å². The second kappa shape index (κ2) is 7.68. The summed E-state index contributed by atoms with van der Waals surface area (Å²) in [5, 5.41) is 5.15. The molecule has 2 unspecified atom stereocenters. The van der Waals surface area contributed by atoms with E-state index in [1.54, 1.807) is 0 Å². The average molecular weight is 314 g/mol. The van der Waals surface area contributed by atoms with Crippen LogP contribution in [0.15, 0.2) is 18.2 Å². The zero-order chi connectivity index (χ0) is 14.5. The molecular weight excluding hydrogens is 289 g/mol. The van der Waals surface area contributed by atoms with Gasteiger partial charge in [0.05, 0.1) is 0 Å². The maximum absolute atomic E-state index is 6.30. The number of hydrogen-bond donors (Lipinski definition) is 1. The summed E-state index contributed by atoms with van der Waals surface area (Å²) in [6.45, 7) is 6.78. The quantitative estimate of drug-likeness (QED) is 0.761. The second-order valence-electron chi connectivity index (χ2n) is 6.44. The van der Waals surface area contributed by atoms with Gasteiger partial charge in [0.2, 0.25) is 0 Å². The highest BCUT2D eigenvalue weighted by Crippen LogP contribution is 2.35. The Hall–Kier alpha value is -0.240. The fourth-order valence-corrected chi connectivity index (χ4v) is 3.66. The summed E-state index contributed by atoms with van der Waals surface area (Å²) in [6.07, 6.45) is 5.11. The van der Waals surface area contributed by atoms with Crippen LogP contribution < -0.4 is 5.32 Å². The summed E-state index contributed by atoms with van der Waals surface area (Å²) in [6, 6.07) is 5.89. The molecule has 1 fully saturated rings. The third kappa shape index (κ3) is 4.65. The Balaban J connectivity index is 1.90. The summed E-state index contributed by atoms with van der Waals surface area (Å²) >= 11 is 12.3. The van der Waals surface area contributed by atoms with Crippen LogP contribution in [0.5, 0.6) is 0 Å². The van der Waals surface area contributed by atoms with E-state index in [0.29, 0.717) is 0 Å². The largest absolute Gasteiger partial charge is 0.316 e. The molecule has 3 heteroatoms. The van der Waals surface area contributed by atoms with E-state index in [1.807, 2.05) is 12.1 Å². The monoisotopic (exact) mass is 313 g/mol. The molecule has 20 heavy (non-hydrogen) atoms. The molecule has 0 spiro atoms. The van der Waals surface area contributed by atoms with Crippen molar-refractivity contribution in [3.8, 4) is 0 Å². The molecule has 0 saturated heterocycles. The van der Waals surface area contributed by atoms with Crippen molar-refractivity contribution in [2.24, 2.45) is 17.8 Å². The number of rotatable bonds is 6. The Labute approximate surface area is 133 Å². The smallest absolute Gasteiger partial charge is 0.0452 e. The number of halogens is 2. The fraction of sp³-hybridized carbons (Fsp3) is 0.647. The first-order chi connectivity index (χ1) is 9.56. The molecule has 1 N–H and O–H groups in total. The molecule has 112 valence electrons. The van der Waals surface area contributed by atoms with E-state index in [1.165, 1.54) is 24.8 Å². The van der Waals surface area contributed by atoms with Crippen LogP contribution in [-0.4, -0.2) is 13.1 Å². The van der Waals surface area contributed by atoms with E-state index in [9.17, 15) is 0 Å². The van der Waals surface area contributed by atoms with Crippen LogP contribution in [0.25, 0.3) is 0 Å². The SMILES string of the molecule is CC(C)CNCC1CCCC1Cc1ccc(Cl)cc1Cl. The second-order valence-corrected chi connectivity index (χ2v) is 7.29. The molecular formula is C17H25Cl2N. The lowest BCUT2D eigenvalue weighted by molar-refractivity contribution is 0.357. The van der Waals surface area contributed by atoms with Gasteiger partial charge in [0.15, 0.2) is 0 Å². The summed E-state index contributed by atoms with van der Waals surface area (Å²) in [5.41, 5.74) is 1.25. The Morgan fingerprint density at radius 1 is 1.20 bits per heavy atom. The third-order valence-electron chi connectivity index (χ3n) is 4.27. The van der Waals surface area contributed by atoms with Gasteiger partial charge in [-0.15, -0.1) is 0 Å². The van der Waals surface area contributed by atoms with Crippen molar-refractivity contribution in [3.63, 3.8) is 0 Å². The first kappa shape index (κ1) is 16.1. The highest BCUT2D eigenvalue weighted by Gasteiger charge is 2.27. The van der Waals surface area contributed by atoms with Gasteiger partial charge in [-0.3, -0.25) is 0 Å². The van der Waals surface area contributed by atoms with Gasteiger partial charge >= 0.3 is 0 Å². The van der Waals surface area contributed by atoms with E-state index in [-0.39, 0.29) is 0 Å². The average Bonchev–Trinajstić information content (AvgIpc) is 2.80. The van der Waals surface area contributed by atoms with Gasteiger partial charge in [-0.1, -0.05) is 49.5 Å². The molecule has 1 aromatic rings. The van der Waals surface area contributed by atoms with Gasteiger partial charge in [0.1, 0.15) is 0 Å². The predicted molar refractivity (Wildman–Crippen MR) is 88.7 cm³/mol. The van der Waals surface area contributed by atoms with Crippen molar-refractivity contribution in [3.05, 3.63) is 33.8 Å². The fourth-order valence-electron chi connectivity index (χ4n) is 3.18. The normalized spacial score (nSPS) is 22.6. The van der Waals surface area contributed by atoms with Crippen molar-refractivity contribution < 1.29 is 0 Å². The lowest BCUT2D eigenvalue weighted by Crippen LogP contribution is -2.29. The Kier molecular flexibility index (Phi) is 6.20. The van der Waals surface area contributed by atoms with Crippen LogP contribution >= 0.6 is 23.2 Å². The third-order valence-corrected chi connectivity index (χ3v) is 4.86. The minimum absolute atomic E-state index is 0.723. The number of hydrogen-bond acceptors (Lipinski definition) is 1. The Bertz CT molecular complexity index is 431. The van der Waals surface area contributed by atoms with Crippen molar-refractivity contribution in [1.29, 1.82) is 0 Å². The first-order valence-electron chi connectivity index (χ1n) is 7.71. The van der Waals surface area contributed by atoms with E-state index in [4.69, 9.17) is 23.2 Å². The molecule has 2 rings (SSSR count). The molecule has 0 aromatic heterocycles. The lowest BCUT2D eigenvalue weighted by Gasteiger charge is -2.21. The predicted octanol–water partition coefficient (Wildman–Crippen LogP) is 5.20. The van der Waals surface area contributed by atoms with E-state index in [2.05, 4.69) is 25.2 Å². The summed E-state index contributed by atoms with van der Waals surface area (Å²) in [7, 11) is 0. The molecule has 1 aromatic carbocycles. The minimum Gasteiger partial charge on any atom is -0.316 e. The van der Waals surface area contributed by atoms with Gasteiger partial charge in [-0.05, 0) is 67.8 Å². The molecule has 1 aliphatic rings. The maximum Gasteiger partial charge on any atom is 0.0452 e. The van der Waals surface area contributed by atoms with Gasteiger partial charge in [-0.2, -0.15) is 0 Å². The van der Waals surface area contributed by atoms with Crippen LogP contribution in [0.1, 0.15) is 38.7 Å². The molecule has 0 aliphatic heterocycles. The van der Waals surface area contributed by atoms with Gasteiger partial charge < -0.3 is 5.32 Å². The maximum atomic E-state index is 6.30. The number of nitrogens with one attached hydrogen (secondary N) is 1. The summed E-state index contributed by atoms with van der Waals surface area (Å²) in [4.78, 5) is 0. The van der Waals surface area contributed by atoms with Crippen molar-refractivity contribution in [2.45, 2.75) is 39.5 Å². The molecule has 0 bridgehead atoms. The van der Waals surface area contributed by atoms with Crippen molar-refractivity contribution in [1.82, 2.24) is 5.32 Å². The summed E-state index contributed by atoms with van der Waals surface area (Å²) < 4.78 is 0. The van der Waals surface area contributed by atoms with Gasteiger partial charge in [0.25, 0.3) is 0 Å². The Morgan fingerprint density at radius 3 is 2.65 bits per heavy atom. The summed E-state index contributed by atoms with van der Waals surface area (Å²) in [5.74, 6) is 2.27. The molecule has 0 amide bonds. The topological polar surface area (TPSA) is 12.0 Å². The molecule has 1 saturated carbocycles. The van der Waals surface area contributed by atoms with Gasteiger partial charge in [-0.25, -0.2) is 0 Å². The van der Waals surface area contributed by atoms with E-state index < -0.39 is 0 Å². The highest BCUT2D eigenvalue weighted by molar-refractivity contribution is 6.35. The van der Waals surface area contributed by atoms with Crippen molar-refractivity contribution in [2.75, 3.05) is 13.1 Å². The lowest BCUT2D eigenvalue weighted by atomic mass is 9.89. The standard InChI is InChI=1S/C17H25Cl2N/c1-12(2)10-20-11-15-5-3-4-13(15)8-14-6-7-16(18)9-17(14)19/h6-7,9,12-13,15,20H,3-5,8,10-11H2,1-2H3. The zero-order valence-corrected chi connectivity index (χ0v) is 14.0. The Morgan fingerprint density at radius 2 is 1.95 bits per heavy atom. The molecule has 1 aliphatic carbocycles. The van der Waals surface area contributed by atoms with Crippen LogP contribution in [0.4, 0.5) is 0 Å². The van der Waals surface area contributed by atoms with E-state index >= 15 is 0 Å². The minimum atomic E-state index is 0.723. The first-order valence-corrected chi connectivity index (χ1v) is 8.46. The van der Waals surface area contributed by atoms with Crippen LogP contribution in [0.2, 0.25) is 10.0 Å². The van der Waals surface area contributed by atoms with Gasteiger partial charge in [0, 0.05) is 10.0 Å². The molecule has 1 nitrogen and oxygen atoms in total. The molecule has 0 heterocycles. The van der Waals surface area contributed by atoms with E-state index in [0.717, 1.165) is 47.3 Å². The molecule has 2 atom stereocenters.